The number of hydrogen-bond acceptors (Lipinski definition) is 5. The molecule has 1 aromatic heterocycles. The lowest BCUT2D eigenvalue weighted by Crippen LogP contribution is -2.22. The van der Waals surface area contributed by atoms with Gasteiger partial charge in [0.1, 0.15) is 17.3 Å². The summed E-state index contributed by atoms with van der Waals surface area (Å²) in [4.78, 5) is 28.4. The van der Waals surface area contributed by atoms with Crippen molar-refractivity contribution in [1.82, 2.24) is 4.98 Å². The number of hydrogen-bond donors (Lipinski definition) is 2. The van der Waals surface area contributed by atoms with Gasteiger partial charge in [0.15, 0.2) is 13.2 Å². The Hall–Kier alpha value is -3.39. The molecule has 0 spiro atoms. The maximum absolute atomic E-state index is 12.1. The van der Waals surface area contributed by atoms with Gasteiger partial charge in [-0.1, -0.05) is 35.4 Å². The minimum Gasteiger partial charge on any atom is -0.484 e. The van der Waals surface area contributed by atoms with Crippen LogP contribution in [0.2, 0.25) is 0 Å². The second kappa shape index (κ2) is 10.6. The van der Waals surface area contributed by atoms with Gasteiger partial charge in [-0.25, -0.2) is 4.98 Å². The van der Waals surface area contributed by atoms with Gasteiger partial charge in [0.25, 0.3) is 11.8 Å². The second-order valence-corrected chi connectivity index (χ2v) is 7.71. The van der Waals surface area contributed by atoms with Gasteiger partial charge in [-0.05, 0) is 60.1 Å². The number of benzene rings is 2. The van der Waals surface area contributed by atoms with Crippen molar-refractivity contribution in [1.29, 1.82) is 0 Å². The number of nitrogens with zero attached hydrogens (tertiary/aromatic N) is 1. The molecule has 0 aliphatic carbocycles. The Morgan fingerprint density at radius 3 is 1.81 bits per heavy atom. The third-order valence-electron chi connectivity index (χ3n) is 4.16. The molecule has 0 fully saturated rings. The topological polar surface area (TPSA) is 89.5 Å². The summed E-state index contributed by atoms with van der Waals surface area (Å²) in [5, 5.41) is 5.37. The van der Waals surface area contributed by atoms with Crippen molar-refractivity contribution in [2.45, 2.75) is 13.8 Å². The molecule has 31 heavy (non-hydrogen) atoms. The number of aryl methyl sites for hydroxylation is 2. The molecule has 7 nitrogen and oxygen atoms in total. The van der Waals surface area contributed by atoms with Crippen LogP contribution in [-0.2, 0) is 9.59 Å². The summed E-state index contributed by atoms with van der Waals surface area (Å²) in [6, 6.07) is 16.5. The van der Waals surface area contributed by atoms with Crippen LogP contribution in [0.15, 0.2) is 65.3 Å². The molecule has 1 heterocycles. The van der Waals surface area contributed by atoms with E-state index in [0.29, 0.717) is 27.5 Å². The number of carbonyl (C=O) groups excluding carboxylic acids is 2. The Labute approximate surface area is 188 Å². The first-order chi connectivity index (χ1) is 14.9. The van der Waals surface area contributed by atoms with Gasteiger partial charge in [-0.15, -0.1) is 0 Å². The zero-order chi connectivity index (χ0) is 22.2. The second-order valence-electron chi connectivity index (χ2n) is 6.85. The molecule has 0 aliphatic rings. The molecule has 0 bridgehead atoms. The molecule has 3 aromatic rings. The number of ether oxygens (including phenoxy) is 2. The lowest BCUT2D eigenvalue weighted by Gasteiger charge is -2.11. The highest BCUT2D eigenvalue weighted by Gasteiger charge is 2.11. The highest BCUT2D eigenvalue weighted by Crippen LogP contribution is 2.23. The molecule has 2 amide bonds. The average Bonchev–Trinajstić information content (AvgIpc) is 2.75. The Morgan fingerprint density at radius 2 is 1.32 bits per heavy atom. The monoisotopic (exact) mass is 483 g/mol. The fourth-order valence-corrected chi connectivity index (χ4v) is 2.98. The Balaban J connectivity index is 1.48. The van der Waals surface area contributed by atoms with Crippen LogP contribution in [0.5, 0.6) is 11.5 Å². The normalized spacial score (nSPS) is 10.3. The minimum atomic E-state index is -0.350. The largest absolute Gasteiger partial charge is 0.484 e. The number of carbonyl (C=O) groups is 2. The molecule has 160 valence electrons. The Bertz CT molecular complexity index is 1050. The van der Waals surface area contributed by atoms with Crippen LogP contribution >= 0.6 is 15.9 Å². The van der Waals surface area contributed by atoms with E-state index in [4.69, 9.17) is 9.47 Å². The zero-order valence-corrected chi connectivity index (χ0v) is 18.7. The van der Waals surface area contributed by atoms with E-state index in [1.807, 2.05) is 38.1 Å². The van der Waals surface area contributed by atoms with Crippen LogP contribution in [0, 0.1) is 13.8 Å². The summed E-state index contributed by atoms with van der Waals surface area (Å²) < 4.78 is 11.4. The molecule has 0 atom stereocenters. The maximum atomic E-state index is 12.1. The van der Waals surface area contributed by atoms with E-state index in [-0.39, 0.29) is 25.0 Å². The van der Waals surface area contributed by atoms with Gasteiger partial charge in [-0.2, -0.15) is 0 Å². The number of nitrogens with one attached hydrogen (secondary N) is 2. The smallest absolute Gasteiger partial charge is 0.263 e. The van der Waals surface area contributed by atoms with Gasteiger partial charge < -0.3 is 20.1 Å². The van der Waals surface area contributed by atoms with Gasteiger partial charge in [0.05, 0.1) is 16.4 Å². The summed E-state index contributed by atoms with van der Waals surface area (Å²) in [5.74, 6) is 0.880. The van der Waals surface area contributed by atoms with Crippen LogP contribution in [0.1, 0.15) is 11.1 Å². The van der Waals surface area contributed by atoms with Crippen molar-refractivity contribution < 1.29 is 19.1 Å². The van der Waals surface area contributed by atoms with Gasteiger partial charge >= 0.3 is 0 Å². The number of pyridine rings is 1. The van der Waals surface area contributed by atoms with Crippen molar-refractivity contribution in [3.05, 3.63) is 76.4 Å². The predicted octanol–water partition coefficient (Wildman–Crippen LogP) is 4.50. The van der Waals surface area contributed by atoms with Crippen LogP contribution in [-0.4, -0.2) is 30.0 Å². The summed E-state index contributed by atoms with van der Waals surface area (Å²) in [7, 11) is 0. The summed E-state index contributed by atoms with van der Waals surface area (Å²) >= 11 is 3.35. The maximum Gasteiger partial charge on any atom is 0.263 e. The lowest BCUT2D eigenvalue weighted by molar-refractivity contribution is -0.118. The average molecular weight is 484 g/mol. The highest BCUT2D eigenvalue weighted by atomic mass is 79.9. The molecule has 2 N–H and O–H groups in total. The fourth-order valence-electron chi connectivity index (χ4n) is 2.53. The van der Waals surface area contributed by atoms with Crippen molar-refractivity contribution in [3.63, 3.8) is 0 Å². The number of anilines is 2. The third-order valence-corrected chi connectivity index (χ3v) is 4.77. The minimum absolute atomic E-state index is 0.129. The molecule has 0 unspecified atom stereocenters. The van der Waals surface area contributed by atoms with E-state index in [1.54, 1.807) is 30.3 Å². The molecule has 0 saturated carbocycles. The van der Waals surface area contributed by atoms with Crippen LogP contribution in [0.3, 0.4) is 0 Å². The van der Waals surface area contributed by atoms with Crippen LogP contribution in [0.4, 0.5) is 11.5 Å². The molecule has 8 heteroatoms. The SMILES string of the molecule is Cc1ccc(OCC(=O)Nc2cnc(NC(=O)COc3ccc(C)cc3)c(Br)c2)cc1. The Kier molecular flexibility index (Phi) is 7.61. The van der Waals surface area contributed by atoms with E-state index in [0.717, 1.165) is 11.1 Å². The summed E-state index contributed by atoms with van der Waals surface area (Å²) in [6.07, 6.45) is 1.45. The summed E-state index contributed by atoms with van der Waals surface area (Å²) in [6.45, 7) is 3.68. The van der Waals surface area contributed by atoms with Crippen molar-refractivity contribution >= 4 is 39.2 Å². The van der Waals surface area contributed by atoms with Gasteiger partial charge in [0.2, 0.25) is 0 Å². The van der Waals surface area contributed by atoms with Crippen LogP contribution in [0.25, 0.3) is 0 Å². The quantitative estimate of drug-likeness (QED) is 0.492. The number of amides is 2. The highest BCUT2D eigenvalue weighted by molar-refractivity contribution is 9.10. The molecular formula is C23H22BrN3O4. The van der Waals surface area contributed by atoms with Gasteiger partial charge in [-0.3, -0.25) is 9.59 Å². The van der Waals surface area contributed by atoms with E-state index >= 15 is 0 Å². The van der Waals surface area contributed by atoms with E-state index in [9.17, 15) is 9.59 Å². The van der Waals surface area contributed by atoms with Gasteiger partial charge in [0, 0.05) is 0 Å². The first-order valence-corrected chi connectivity index (χ1v) is 10.3. The van der Waals surface area contributed by atoms with E-state index in [2.05, 4.69) is 31.5 Å². The molecule has 0 aliphatic heterocycles. The molecule has 3 rings (SSSR count). The van der Waals surface area contributed by atoms with Crippen molar-refractivity contribution in [3.8, 4) is 11.5 Å². The van der Waals surface area contributed by atoms with E-state index < -0.39 is 0 Å². The van der Waals surface area contributed by atoms with E-state index in [1.165, 1.54) is 6.20 Å². The first kappa shape index (κ1) is 22.3. The molecule has 0 saturated heterocycles. The number of aromatic nitrogens is 1. The van der Waals surface area contributed by atoms with Crippen molar-refractivity contribution in [2.75, 3.05) is 23.8 Å². The Morgan fingerprint density at radius 1 is 0.839 bits per heavy atom. The van der Waals surface area contributed by atoms with Crippen molar-refractivity contribution in [2.24, 2.45) is 0 Å². The molecule has 0 radical (unpaired) electrons. The lowest BCUT2D eigenvalue weighted by atomic mass is 10.2. The van der Waals surface area contributed by atoms with Crippen LogP contribution < -0.4 is 20.1 Å². The zero-order valence-electron chi connectivity index (χ0n) is 17.1. The number of halogens is 1. The predicted molar refractivity (Wildman–Crippen MR) is 123 cm³/mol. The third kappa shape index (κ3) is 7.11. The first-order valence-electron chi connectivity index (χ1n) is 9.53. The number of rotatable bonds is 8. The summed E-state index contributed by atoms with van der Waals surface area (Å²) in [5.41, 5.74) is 2.69. The fraction of sp³-hybridized carbons (Fsp3) is 0.174. The standard InChI is InChI=1S/C23H22BrN3O4/c1-15-3-7-18(8-4-15)30-13-21(28)26-17-11-20(24)23(25-12-17)27-22(29)14-31-19-9-5-16(2)6-10-19/h3-12H,13-14H2,1-2H3,(H,26,28)(H,25,27,29). The molecule has 2 aromatic carbocycles. The molecular weight excluding hydrogens is 462 g/mol.